The van der Waals surface area contributed by atoms with Crippen LogP contribution in [-0.2, 0) is 0 Å². The predicted octanol–water partition coefficient (Wildman–Crippen LogP) is 4.76. The van der Waals surface area contributed by atoms with E-state index in [1.807, 2.05) is 6.07 Å². The fraction of sp³-hybridized carbons (Fsp3) is 0. The molecule has 1 heterocycles. The SMILES string of the molecule is Clc1cc2cc(I)sc2cc1I. The number of rotatable bonds is 0. The van der Waals surface area contributed by atoms with Crippen molar-refractivity contribution >= 4 is 78.2 Å². The Bertz CT molecular complexity index is 397. The van der Waals surface area contributed by atoms with Crippen LogP contribution in [0.25, 0.3) is 10.1 Å². The molecule has 1 aromatic carbocycles. The molecule has 12 heavy (non-hydrogen) atoms. The third-order valence-corrected chi connectivity index (χ3v) is 4.91. The van der Waals surface area contributed by atoms with Crippen molar-refractivity contribution in [3.63, 3.8) is 0 Å². The molecule has 2 rings (SSSR count). The Balaban J connectivity index is 2.83. The van der Waals surface area contributed by atoms with Gasteiger partial charge in [-0.05, 0) is 68.8 Å². The summed E-state index contributed by atoms with van der Waals surface area (Å²) in [6.45, 7) is 0. The van der Waals surface area contributed by atoms with Crippen molar-refractivity contribution in [1.82, 2.24) is 0 Å². The van der Waals surface area contributed by atoms with Gasteiger partial charge in [0.1, 0.15) is 0 Å². The summed E-state index contributed by atoms with van der Waals surface area (Å²) in [6, 6.07) is 6.31. The van der Waals surface area contributed by atoms with Crippen LogP contribution in [0.4, 0.5) is 0 Å². The van der Waals surface area contributed by atoms with E-state index >= 15 is 0 Å². The van der Waals surface area contributed by atoms with Gasteiger partial charge in [-0.25, -0.2) is 0 Å². The molecule has 1 aromatic heterocycles. The number of halogens is 3. The summed E-state index contributed by atoms with van der Waals surface area (Å²) in [5.41, 5.74) is 0. The quantitative estimate of drug-likeness (QED) is 0.539. The number of hydrogen-bond donors (Lipinski definition) is 0. The van der Waals surface area contributed by atoms with Crippen LogP contribution in [0.2, 0.25) is 5.02 Å². The third-order valence-electron chi connectivity index (χ3n) is 1.53. The van der Waals surface area contributed by atoms with Gasteiger partial charge in [0.2, 0.25) is 0 Å². The summed E-state index contributed by atoms with van der Waals surface area (Å²) in [4.78, 5) is 0. The molecule has 62 valence electrons. The molecule has 0 saturated heterocycles. The standard InChI is InChI=1S/C8H3ClI2S/c9-5-1-4-2-8(11)12-7(4)3-6(5)10/h1-3H. The molecular formula is C8H3ClI2S. The Morgan fingerprint density at radius 2 is 1.92 bits per heavy atom. The minimum Gasteiger partial charge on any atom is -0.129 e. The molecule has 0 atom stereocenters. The van der Waals surface area contributed by atoms with Crippen molar-refractivity contribution in [2.24, 2.45) is 0 Å². The number of fused-ring (bicyclic) bond motifs is 1. The lowest BCUT2D eigenvalue weighted by molar-refractivity contribution is 1.75. The van der Waals surface area contributed by atoms with Crippen LogP contribution in [0.3, 0.4) is 0 Å². The maximum atomic E-state index is 5.99. The number of benzene rings is 1. The van der Waals surface area contributed by atoms with E-state index in [9.17, 15) is 0 Å². The second-order valence-corrected chi connectivity index (χ2v) is 6.90. The van der Waals surface area contributed by atoms with Crippen molar-refractivity contribution in [1.29, 1.82) is 0 Å². The van der Waals surface area contributed by atoms with Crippen molar-refractivity contribution < 1.29 is 0 Å². The monoisotopic (exact) mass is 420 g/mol. The Morgan fingerprint density at radius 1 is 1.17 bits per heavy atom. The van der Waals surface area contributed by atoms with Gasteiger partial charge < -0.3 is 0 Å². The van der Waals surface area contributed by atoms with Crippen LogP contribution >= 0.6 is 68.1 Å². The Kier molecular flexibility index (Phi) is 2.84. The van der Waals surface area contributed by atoms with Crippen LogP contribution in [0, 0.1) is 6.45 Å². The van der Waals surface area contributed by atoms with Gasteiger partial charge in [0.05, 0.1) is 7.91 Å². The minimum atomic E-state index is 0.845. The summed E-state index contributed by atoms with van der Waals surface area (Å²) >= 11 is 12.4. The third kappa shape index (κ3) is 1.73. The summed E-state index contributed by atoms with van der Waals surface area (Å²) in [7, 11) is 0. The van der Waals surface area contributed by atoms with Crippen LogP contribution < -0.4 is 0 Å². The van der Waals surface area contributed by atoms with Gasteiger partial charge in [-0.2, -0.15) is 0 Å². The zero-order valence-corrected chi connectivity index (χ0v) is 11.7. The first-order chi connectivity index (χ1) is 5.66. The van der Waals surface area contributed by atoms with E-state index in [0.29, 0.717) is 0 Å². The average Bonchev–Trinajstić information content (AvgIpc) is 2.30. The maximum Gasteiger partial charge on any atom is 0.0666 e. The molecule has 0 aliphatic heterocycles. The van der Waals surface area contributed by atoms with Gasteiger partial charge in [0, 0.05) is 8.27 Å². The second-order valence-electron chi connectivity index (χ2n) is 2.35. The summed E-state index contributed by atoms with van der Waals surface area (Å²) < 4.78 is 3.74. The lowest BCUT2D eigenvalue weighted by Crippen LogP contribution is -1.71. The average molecular weight is 420 g/mol. The predicted molar refractivity (Wildman–Crippen MR) is 72.3 cm³/mol. The Morgan fingerprint density at radius 3 is 2.67 bits per heavy atom. The molecule has 0 spiro atoms. The van der Waals surface area contributed by atoms with Crippen molar-refractivity contribution in [2.75, 3.05) is 0 Å². The van der Waals surface area contributed by atoms with E-state index in [-0.39, 0.29) is 0 Å². The molecule has 0 bridgehead atoms. The molecule has 0 N–H and O–H groups in total. The second kappa shape index (κ2) is 3.59. The Labute approximate surface area is 107 Å². The highest BCUT2D eigenvalue weighted by molar-refractivity contribution is 14.1. The molecule has 4 heteroatoms. The summed E-state index contributed by atoms with van der Waals surface area (Å²) in [5, 5.41) is 2.09. The summed E-state index contributed by atoms with van der Waals surface area (Å²) in [5.74, 6) is 0. The first kappa shape index (κ1) is 9.48. The van der Waals surface area contributed by atoms with Gasteiger partial charge in [-0.15, -0.1) is 11.3 Å². The van der Waals surface area contributed by atoms with E-state index < -0.39 is 0 Å². The van der Waals surface area contributed by atoms with E-state index in [0.717, 1.165) is 8.59 Å². The van der Waals surface area contributed by atoms with Gasteiger partial charge in [0.15, 0.2) is 0 Å². The highest BCUT2D eigenvalue weighted by atomic mass is 127. The van der Waals surface area contributed by atoms with Crippen molar-refractivity contribution in [2.45, 2.75) is 0 Å². The van der Waals surface area contributed by atoms with Gasteiger partial charge in [0.25, 0.3) is 0 Å². The van der Waals surface area contributed by atoms with E-state index in [4.69, 9.17) is 11.6 Å². The minimum absolute atomic E-state index is 0.845. The molecule has 2 aromatic rings. The molecule has 0 radical (unpaired) electrons. The van der Waals surface area contributed by atoms with Crippen LogP contribution in [0.5, 0.6) is 0 Å². The highest BCUT2D eigenvalue weighted by Gasteiger charge is 2.03. The Hall–Kier alpha value is 0.930. The zero-order chi connectivity index (χ0) is 8.72. The number of hydrogen-bond acceptors (Lipinski definition) is 1. The summed E-state index contributed by atoms with van der Waals surface area (Å²) in [6.07, 6.45) is 0. The number of thiophene rings is 1. The van der Waals surface area contributed by atoms with Gasteiger partial charge >= 0.3 is 0 Å². The molecule has 0 unspecified atom stereocenters. The molecule has 0 saturated carbocycles. The van der Waals surface area contributed by atoms with Gasteiger partial charge in [-0.1, -0.05) is 11.6 Å². The van der Waals surface area contributed by atoms with E-state index in [1.165, 1.54) is 13.0 Å². The lowest BCUT2D eigenvalue weighted by Gasteiger charge is -1.94. The van der Waals surface area contributed by atoms with E-state index in [1.54, 1.807) is 11.3 Å². The van der Waals surface area contributed by atoms with Crippen LogP contribution in [0.15, 0.2) is 18.2 Å². The molecular weight excluding hydrogens is 417 g/mol. The van der Waals surface area contributed by atoms with Gasteiger partial charge in [-0.3, -0.25) is 0 Å². The zero-order valence-electron chi connectivity index (χ0n) is 5.77. The lowest BCUT2D eigenvalue weighted by atomic mass is 10.3. The highest BCUT2D eigenvalue weighted by Crippen LogP contribution is 2.31. The van der Waals surface area contributed by atoms with Crippen LogP contribution in [-0.4, -0.2) is 0 Å². The maximum absolute atomic E-state index is 5.99. The van der Waals surface area contributed by atoms with Crippen molar-refractivity contribution in [3.05, 3.63) is 29.7 Å². The topological polar surface area (TPSA) is 0 Å². The fourth-order valence-corrected chi connectivity index (χ4v) is 3.71. The fourth-order valence-electron chi connectivity index (χ4n) is 1.00. The molecule has 0 nitrogen and oxygen atoms in total. The molecule has 0 fully saturated rings. The first-order valence-corrected chi connectivity index (χ1v) is 6.56. The van der Waals surface area contributed by atoms with E-state index in [2.05, 4.69) is 57.3 Å². The van der Waals surface area contributed by atoms with Crippen molar-refractivity contribution in [3.8, 4) is 0 Å². The normalized spacial score (nSPS) is 10.9. The van der Waals surface area contributed by atoms with Crippen LogP contribution in [0.1, 0.15) is 0 Å². The molecule has 0 aliphatic rings. The largest absolute Gasteiger partial charge is 0.129 e. The smallest absolute Gasteiger partial charge is 0.0666 e. The molecule has 0 amide bonds. The first-order valence-electron chi connectivity index (χ1n) is 3.21. The molecule has 0 aliphatic carbocycles.